The molecular weight excluding hydrogens is 182 g/mol. The summed E-state index contributed by atoms with van der Waals surface area (Å²) in [6.07, 6.45) is -0.397. The first-order valence-corrected chi connectivity index (χ1v) is 5.21. The van der Waals surface area contributed by atoms with Gasteiger partial charge in [0.1, 0.15) is 0 Å². The molecule has 1 unspecified atom stereocenters. The number of aliphatic hydroxyl groups excluding tert-OH is 1. The van der Waals surface area contributed by atoms with Crippen LogP contribution in [0.3, 0.4) is 0 Å². The summed E-state index contributed by atoms with van der Waals surface area (Å²) in [6, 6.07) is 0. The number of aliphatic hydroxyl groups is 1. The third-order valence-electron chi connectivity index (χ3n) is 2.04. The van der Waals surface area contributed by atoms with Crippen LogP contribution in [-0.2, 0) is 9.47 Å². The van der Waals surface area contributed by atoms with Crippen LogP contribution in [0.4, 0.5) is 0 Å². The third-order valence-corrected chi connectivity index (χ3v) is 2.04. The molecule has 86 valence electrons. The third kappa shape index (κ3) is 7.26. The van der Waals surface area contributed by atoms with Crippen molar-refractivity contribution in [3.05, 3.63) is 0 Å². The van der Waals surface area contributed by atoms with Gasteiger partial charge >= 0.3 is 0 Å². The maximum atomic E-state index is 9.57. The number of hydrogen-bond acceptors (Lipinski definition) is 4. The van der Waals surface area contributed by atoms with Crippen LogP contribution in [0.1, 0.15) is 13.8 Å². The van der Waals surface area contributed by atoms with E-state index in [1.165, 1.54) is 0 Å². The molecule has 0 aliphatic carbocycles. The normalized spacial score (nSPS) is 13.5. The molecule has 0 rings (SSSR count). The molecular formula is C10H23NO3. The second-order valence-corrected chi connectivity index (χ2v) is 3.20. The van der Waals surface area contributed by atoms with Crippen LogP contribution in [0.15, 0.2) is 0 Å². The van der Waals surface area contributed by atoms with Crippen LogP contribution in [0.2, 0.25) is 0 Å². The second kappa shape index (κ2) is 9.40. The highest BCUT2D eigenvalue weighted by molar-refractivity contribution is 4.62. The largest absolute Gasteiger partial charge is 0.389 e. The lowest BCUT2D eigenvalue weighted by atomic mass is 10.3. The number of likely N-dealkylation sites (N-methyl/N-ethyl adjacent to an activating group) is 1. The van der Waals surface area contributed by atoms with Gasteiger partial charge in [-0.1, -0.05) is 6.92 Å². The van der Waals surface area contributed by atoms with E-state index in [2.05, 4.69) is 11.8 Å². The van der Waals surface area contributed by atoms with Gasteiger partial charge in [-0.15, -0.1) is 0 Å². The summed E-state index contributed by atoms with van der Waals surface area (Å²) in [5.41, 5.74) is 0. The van der Waals surface area contributed by atoms with E-state index in [1.54, 1.807) is 7.11 Å². The van der Waals surface area contributed by atoms with Crippen LogP contribution in [-0.4, -0.2) is 62.7 Å². The fourth-order valence-electron chi connectivity index (χ4n) is 1.20. The van der Waals surface area contributed by atoms with E-state index in [-0.39, 0.29) is 0 Å². The van der Waals surface area contributed by atoms with Gasteiger partial charge in [0.2, 0.25) is 0 Å². The highest BCUT2D eigenvalue weighted by atomic mass is 16.5. The Morgan fingerprint density at radius 3 is 2.57 bits per heavy atom. The van der Waals surface area contributed by atoms with Crippen molar-refractivity contribution in [2.75, 3.05) is 46.6 Å². The van der Waals surface area contributed by atoms with Gasteiger partial charge in [0.15, 0.2) is 0 Å². The Morgan fingerprint density at radius 1 is 1.36 bits per heavy atom. The zero-order valence-corrected chi connectivity index (χ0v) is 9.53. The average molecular weight is 205 g/mol. The van der Waals surface area contributed by atoms with Gasteiger partial charge in [0, 0.05) is 26.8 Å². The Bertz CT molecular complexity index is 122. The lowest BCUT2D eigenvalue weighted by Crippen LogP contribution is -2.36. The zero-order chi connectivity index (χ0) is 10.8. The summed E-state index contributed by atoms with van der Waals surface area (Å²) in [6.45, 7) is 8.21. The number of ether oxygens (including phenoxy) is 2. The van der Waals surface area contributed by atoms with Gasteiger partial charge in [0.05, 0.1) is 19.3 Å². The first-order valence-electron chi connectivity index (χ1n) is 5.21. The highest BCUT2D eigenvalue weighted by Gasteiger charge is 2.09. The van der Waals surface area contributed by atoms with E-state index in [0.29, 0.717) is 26.4 Å². The van der Waals surface area contributed by atoms with Gasteiger partial charge < -0.3 is 14.6 Å². The summed E-state index contributed by atoms with van der Waals surface area (Å²) >= 11 is 0. The van der Waals surface area contributed by atoms with Crippen molar-refractivity contribution in [3.63, 3.8) is 0 Å². The Balaban J connectivity index is 3.57. The summed E-state index contributed by atoms with van der Waals surface area (Å²) in [5.74, 6) is 0. The van der Waals surface area contributed by atoms with Crippen LogP contribution in [0.5, 0.6) is 0 Å². The van der Waals surface area contributed by atoms with Gasteiger partial charge in [-0.2, -0.15) is 0 Å². The van der Waals surface area contributed by atoms with Crippen molar-refractivity contribution >= 4 is 0 Å². The van der Waals surface area contributed by atoms with E-state index in [4.69, 9.17) is 9.47 Å². The van der Waals surface area contributed by atoms with Crippen molar-refractivity contribution in [1.29, 1.82) is 0 Å². The van der Waals surface area contributed by atoms with Gasteiger partial charge in [-0.05, 0) is 13.5 Å². The summed E-state index contributed by atoms with van der Waals surface area (Å²) in [4.78, 5) is 2.15. The maximum Gasteiger partial charge on any atom is 0.0900 e. The molecule has 4 heteroatoms. The molecule has 0 saturated heterocycles. The van der Waals surface area contributed by atoms with Gasteiger partial charge in [0.25, 0.3) is 0 Å². The van der Waals surface area contributed by atoms with Crippen LogP contribution >= 0.6 is 0 Å². The number of nitrogens with zero attached hydrogens (tertiary/aromatic N) is 1. The lowest BCUT2D eigenvalue weighted by molar-refractivity contribution is 0.0178. The van der Waals surface area contributed by atoms with Crippen molar-refractivity contribution in [2.45, 2.75) is 20.0 Å². The van der Waals surface area contributed by atoms with Crippen molar-refractivity contribution in [2.24, 2.45) is 0 Å². The fraction of sp³-hybridized carbons (Fsp3) is 1.00. The minimum Gasteiger partial charge on any atom is -0.389 e. The summed E-state index contributed by atoms with van der Waals surface area (Å²) in [7, 11) is 1.68. The molecule has 0 amide bonds. The quantitative estimate of drug-likeness (QED) is 0.590. The minimum absolute atomic E-state index is 0.397. The van der Waals surface area contributed by atoms with E-state index >= 15 is 0 Å². The average Bonchev–Trinajstić information content (AvgIpc) is 2.21. The van der Waals surface area contributed by atoms with Crippen molar-refractivity contribution in [3.8, 4) is 0 Å². The molecule has 0 heterocycles. The van der Waals surface area contributed by atoms with Crippen LogP contribution in [0, 0.1) is 0 Å². The highest BCUT2D eigenvalue weighted by Crippen LogP contribution is 1.93. The second-order valence-electron chi connectivity index (χ2n) is 3.20. The molecule has 14 heavy (non-hydrogen) atoms. The monoisotopic (exact) mass is 205 g/mol. The number of rotatable bonds is 9. The molecule has 0 spiro atoms. The molecule has 0 radical (unpaired) electrons. The first-order chi connectivity index (χ1) is 6.74. The molecule has 0 aromatic carbocycles. The van der Waals surface area contributed by atoms with Gasteiger partial charge in [-0.25, -0.2) is 0 Å². The predicted molar refractivity (Wildman–Crippen MR) is 56.5 cm³/mol. The molecule has 1 N–H and O–H groups in total. The Labute approximate surface area is 86.8 Å². The van der Waals surface area contributed by atoms with Crippen molar-refractivity contribution < 1.29 is 14.6 Å². The zero-order valence-electron chi connectivity index (χ0n) is 9.53. The molecule has 0 bridgehead atoms. The van der Waals surface area contributed by atoms with Crippen LogP contribution < -0.4 is 0 Å². The topological polar surface area (TPSA) is 41.9 Å². The molecule has 1 atom stereocenters. The molecule has 0 aliphatic rings. The molecule has 0 aromatic rings. The van der Waals surface area contributed by atoms with Crippen molar-refractivity contribution in [1.82, 2.24) is 4.90 Å². The Kier molecular flexibility index (Phi) is 9.29. The number of methoxy groups -OCH3 is 1. The van der Waals surface area contributed by atoms with E-state index in [0.717, 1.165) is 13.1 Å². The van der Waals surface area contributed by atoms with Crippen LogP contribution in [0.25, 0.3) is 0 Å². The number of hydrogen-bond donors (Lipinski definition) is 1. The standard InChI is InChI=1S/C10H23NO3/c1-4-11(6-7-13-3)8-10(12)9-14-5-2/h10,12H,4-9H2,1-3H3. The van der Waals surface area contributed by atoms with E-state index in [9.17, 15) is 5.11 Å². The Morgan fingerprint density at radius 2 is 2.07 bits per heavy atom. The molecule has 0 saturated carbocycles. The summed E-state index contributed by atoms with van der Waals surface area (Å²) < 4.78 is 10.1. The Hall–Kier alpha value is -0.160. The SMILES string of the molecule is CCOCC(O)CN(CC)CCOC. The summed E-state index contributed by atoms with van der Waals surface area (Å²) in [5, 5.41) is 9.57. The molecule has 4 nitrogen and oxygen atoms in total. The van der Waals surface area contributed by atoms with Gasteiger partial charge in [-0.3, -0.25) is 4.90 Å². The smallest absolute Gasteiger partial charge is 0.0900 e. The molecule has 0 aliphatic heterocycles. The maximum absolute atomic E-state index is 9.57. The fourth-order valence-corrected chi connectivity index (χ4v) is 1.20. The first kappa shape index (κ1) is 13.8. The molecule has 0 fully saturated rings. The van der Waals surface area contributed by atoms with E-state index in [1.807, 2.05) is 6.92 Å². The molecule has 0 aromatic heterocycles. The minimum atomic E-state index is -0.397. The van der Waals surface area contributed by atoms with E-state index < -0.39 is 6.10 Å². The predicted octanol–water partition coefficient (Wildman–Crippen LogP) is 0.352. The lowest BCUT2D eigenvalue weighted by Gasteiger charge is -2.22.